The molecule has 27 heavy (non-hydrogen) atoms. The molecule has 1 aliphatic heterocycles. The number of hydrogen-bond acceptors (Lipinski definition) is 7. The molecule has 0 radical (unpaired) electrons. The van der Waals surface area contributed by atoms with Gasteiger partial charge in [0.2, 0.25) is 11.8 Å². The van der Waals surface area contributed by atoms with Crippen LogP contribution in [0.4, 0.5) is 0 Å². The van der Waals surface area contributed by atoms with Gasteiger partial charge in [0, 0.05) is 37.8 Å². The van der Waals surface area contributed by atoms with Crippen molar-refractivity contribution >= 4 is 17.8 Å². The van der Waals surface area contributed by atoms with Gasteiger partial charge in [0.25, 0.3) is 0 Å². The van der Waals surface area contributed by atoms with Crippen LogP contribution in [0.2, 0.25) is 0 Å². The molecule has 10 nitrogen and oxygen atoms in total. The number of carboxylic acid groups (broad SMARTS) is 1. The van der Waals surface area contributed by atoms with Crippen molar-refractivity contribution in [3.63, 3.8) is 0 Å². The highest BCUT2D eigenvalue weighted by atomic mass is 16.7. The Balaban J connectivity index is 2.50. The fourth-order valence-electron chi connectivity index (χ4n) is 2.78. The molecule has 0 aromatic heterocycles. The number of amides is 2. The Kier molecular flexibility index (Phi) is 9.64. The molecule has 1 aliphatic rings. The Morgan fingerprint density at radius 2 is 1.89 bits per heavy atom. The average molecular weight is 390 g/mol. The number of carbonyl (C=O) groups is 3. The Morgan fingerprint density at radius 3 is 2.48 bits per heavy atom. The quantitative estimate of drug-likeness (QED) is 0.279. The maximum absolute atomic E-state index is 12.0. The molecule has 5 unspecified atom stereocenters. The zero-order valence-electron chi connectivity index (χ0n) is 15.7. The molecule has 6 N–H and O–H groups in total. The Labute approximate surface area is 158 Å². The van der Waals surface area contributed by atoms with E-state index in [-0.39, 0.29) is 26.0 Å². The molecule has 0 saturated carbocycles. The first-order valence-electron chi connectivity index (χ1n) is 9.04. The van der Waals surface area contributed by atoms with Crippen LogP contribution >= 0.6 is 0 Å². The number of rotatable bonds is 11. The van der Waals surface area contributed by atoms with Gasteiger partial charge in [-0.1, -0.05) is 13.8 Å². The normalized spacial score (nSPS) is 29.1. The highest BCUT2D eigenvalue weighted by molar-refractivity contribution is 5.84. The lowest BCUT2D eigenvalue weighted by Gasteiger charge is -2.41. The van der Waals surface area contributed by atoms with Crippen molar-refractivity contribution in [2.75, 3.05) is 13.2 Å². The molecular weight excluding hydrogens is 360 g/mol. The SMILES string of the molecule is CC1C(OCCCCC(=O)O)OC(CNC(=O)[C@H](C)CC(N)=O)C(O)C1O. The van der Waals surface area contributed by atoms with E-state index in [0.29, 0.717) is 12.8 Å². The molecule has 2 amide bonds. The van der Waals surface area contributed by atoms with Crippen LogP contribution in [0.25, 0.3) is 0 Å². The molecule has 0 aromatic carbocycles. The molecule has 0 spiro atoms. The number of aliphatic hydroxyl groups excluding tert-OH is 2. The summed E-state index contributed by atoms with van der Waals surface area (Å²) in [6, 6.07) is 0. The third-order valence-corrected chi connectivity index (χ3v) is 4.51. The molecule has 0 aliphatic carbocycles. The van der Waals surface area contributed by atoms with Crippen LogP contribution in [0.15, 0.2) is 0 Å². The first-order chi connectivity index (χ1) is 12.6. The summed E-state index contributed by atoms with van der Waals surface area (Å²) in [6.45, 7) is 3.41. The van der Waals surface area contributed by atoms with Crippen molar-refractivity contribution < 1.29 is 39.2 Å². The number of aliphatic hydroxyl groups is 2. The smallest absolute Gasteiger partial charge is 0.303 e. The van der Waals surface area contributed by atoms with Crippen LogP contribution in [-0.4, -0.2) is 70.9 Å². The van der Waals surface area contributed by atoms with Crippen LogP contribution in [0.1, 0.15) is 39.5 Å². The summed E-state index contributed by atoms with van der Waals surface area (Å²) >= 11 is 0. The van der Waals surface area contributed by atoms with Gasteiger partial charge in [0.1, 0.15) is 12.2 Å². The highest BCUT2D eigenvalue weighted by Crippen LogP contribution is 2.27. The predicted octanol–water partition coefficient (Wildman–Crippen LogP) is -1.03. The van der Waals surface area contributed by atoms with Crippen molar-refractivity contribution in [2.24, 2.45) is 17.6 Å². The summed E-state index contributed by atoms with van der Waals surface area (Å²) < 4.78 is 11.2. The predicted molar refractivity (Wildman–Crippen MR) is 93.3 cm³/mol. The van der Waals surface area contributed by atoms with Crippen molar-refractivity contribution in [3.05, 3.63) is 0 Å². The van der Waals surface area contributed by atoms with Crippen molar-refractivity contribution in [1.29, 1.82) is 0 Å². The van der Waals surface area contributed by atoms with E-state index in [1.807, 2.05) is 0 Å². The Morgan fingerprint density at radius 1 is 1.22 bits per heavy atom. The lowest BCUT2D eigenvalue weighted by Crippen LogP contribution is -2.57. The number of primary amides is 1. The van der Waals surface area contributed by atoms with Crippen molar-refractivity contribution in [3.8, 4) is 0 Å². The number of nitrogens with two attached hydrogens (primary N) is 1. The maximum atomic E-state index is 12.0. The molecule has 0 aromatic rings. The van der Waals surface area contributed by atoms with E-state index in [1.165, 1.54) is 0 Å². The molecule has 1 rings (SSSR count). The molecule has 1 saturated heterocycles. The minimum Gasteiger partial charge on any atom is -0.481 e. The van der Waals surface area contributed by atoms with Crippen LogP contribution in [-0.2, 0) is 23.9 Å². The lowest BCUT2D eigenvalue weighted by atomic mass is 9.92. The van der Waals surface area contributed by atoms with Gasteiger partial charge in [-0.25, -0.2) is 0 Å². The third-order valence-electron chi connectivity index (χ3n) is 4.51. The molecule has 6 atom stereocenters. The standard InChI is InChI=1S/C17H30N2O8/c1-9(7-12(18)20)16(25)19-8-11-15(24)14(23)10(2)17(27-11)26-6-4-3-5-13(21)22/h9-11,14-15,17,23-24H,3-8H2,1-2H3,(H2,18,20)(H,19,25)(H,21,22)/t9-,10?,11?,14?,15?,17?/m1/s1. The summed E-state index contributed by atoms with van der Waals surface area (Å²) in [4.78, 5) is 33.3. The van der Waals surface area contributed by atoms with Crippen LogP contribution in [0.3, 0.4) is 0 Å². The second-order valence-corrected chi connectivity index (χ2v) is 6.92. The summed E-state index contributed by atoms with van der Waals surface area (Å²) in [5.74, 6) is -3.00. The summed E-state index contributed by atoms with van der Waals surface area (Å²) in [5, 5.41) is 31.5. The van der Waals surface area contributed by atoms with E-state index in [9.17, 15) is 24.6 Å². The zero-order chi connectivity index (χ0) is 20.6. The number of aliphatic carboxylic acids is 1. The van der Waals surface area contributed by atoms with Crippen LogP contribution in [0, 0.1) is 11.8 Å². The van der Waals surface area contributed by atoms with E-state index in [0.717, 1.165) is 0 Å². The average Bonchev–Trinajstić information content (AvgIpc) is 2.59. The number of unbranched alkanes of at least 4 members (excludes halogenated alkanes) is 1. The number of nitrogens with one attached hydrogen (secondary N) is 1. The van der Waals surface area contributed by atoms with Gasteiger partial charge in [-0.15, -0.1) is 0 Å². The number of ether oxygens (including phenoxy) is 2. The third kappa shape index (κ3) is 7.79. The molecule has 156 valence electrons. The lowest BCUT2D eigenvalue weighted by molar-refractivity contribution is -0.275. The van der Waals surface area contributed by atoms with E-state index in [1.54, 1.807) is 13.8 Å². The van der Waals surface area contributed by atoms with Gasteiger partial charge in [-0.2, -0.15) is 0 Å². The van der Waals surface area contributed by atoms with Crippen LogP contribution in [0.5, 0.6) is 0 Å². The van der Waals surface area contributed by atoms with Gasteiger partial charge in [0.05, 0.1) is 6.10 Å². The molecule has 0 bridgehead atoms. The van der Waals surface area contributed by atoms with Gasteiger partial charge >= 0.3 is 5.97 Å². The van der Waals surface area contributed by atoms with E-state index in [2.05, 4.69) is 5.32 Å². The number of hydrogen-bond donors (Lipinski definition) is 5. The van der Waals surface area contributed by atoms with Gasteiger partial charge in [-0.3, -0.25) is 14.4 Å². The second-order valence-electron chi connectivity index (χ2n) is 6.92. The van der Waals surface area contributed by atoms with Gasteiger partial charge in [0.15, 0.2) is 6.29 Å². The fraction of sp³-hybridized carbons (Fsp3) is 0.824. The Bertz CT molecular complexity index is 515. The minimum atomic E-state index is -1.21. The molecule has 1 heterocycles. The molecule has 10 heteroatoms. The molecule has 1 fully saturated rings. The monoisotopic (exact) mass is 390 g/mol. The fourth-order valence-corrected chi connectivity index (χ4v) is 2.78. The largest absolute Gasteiger partial charge is 0.481 e. The summed E-state index contributed by atoms with van der Waals surface area (Å²) in [7, 11) is 0. The molecular formula is C17H30N2O8. The highest BCUT2D eigenvalue weighted by Gasteiger charge is 2.42. The number of carbonyl (C=O) groups excluding carboxylic acids is 2. The maximum Gasteiger partial charge on any atom is 0.303 e. The summed E-state index contributed by atoms with van der Waals surface area (Å²) in [5.41, 5.74) is 5.06. The first-order valence-corrected chi connectivity index (χ1v) is 9.04. The summed E-state index contributed by atoms with van der Waals surface area (Å²) in [6.07, 6.45) is -3.07. The van der Waals surface area contributed by atoms with Gasteiger partial charge in [-0.05, 0) is 12.8 Å². The van der Waals surface area contributed by atoms with Crippen LogP contribution < -0.4 is 11.1 Å². The van der Waals surface area contributed by atoms with Crippen molar-refractivity contribution in [2.45, 2.75) is 64.1 Å². The van der Waals surface area contributed by atoms with Gasteiger partial charge < -0.3 is 35.8 Å². The van der Waals surface area contributed by atoms with E-state index >= 15 is 0 Å². The second kappa shape index (κ2) is 11.2. The topological polar surface area (TPSA) is 168 Å². The Hall–Kier alpha value is -1.75. The van der Waals surface area contributed by atoms with E-state index < -0.39 is 54.2 Å². The first kappa shape index (κ1) is 23.3. The number of carboxylic acids is 1. The minimum absolute atomic E-state index is 0.0456. The zero-order valence-corrected chi connectivity index (χ0v) is 15.7. The van der Waals surface area contributed by atoms with E-state index in [4.69, 9.17) is 20.3 Å². The van der Waals surface area contributed by atoms with Crippen molar-refractivity contribution in [1.82, 2.24) is 5.32 Å².